The average Bonchev–Trinajstić information content (AvgIpc) is 2.64. The first-order valence-electron chi connectivity index (χ1n) is 12.6. The third-order valence-electron chi connectivity index (χ3n) is 8.33. The van der Waals surface area contributed by atoms with Crippen molar-refractivity contribution in [3.8, 4) is 0 Å². The summed E-state index contributed by atoms with van der Waals surface area (Å²) in [5.74, 6) is 7.08. The van der Waals surface area contributed by atoms with Gasteiger partial charge in [-0.3, -0.25) is 0 Å². The molecule has 0 spiro atoms. The Kier molecular flexibility index (Phi) is 14.9. The summed E-state index contributed by atoms with van der Waals surface area (Å²) in [6.07, 6.45) is 12.8. The lowest BCUT2D eigenvalue weighted by atomic mass is 9.78. The molecule has 7 unspecified atom stereocenters. The molecule has 27 heavy (non-hydrogen) atoms. The number of hydrogen-bond acceptors (Lipinski definition) is 0. The molecule has 0 fully saturated rings. The van der Waals surface area contributed by atoms with Crippen LogP contribution in [0.2, 0.25) is 0 Å². The second kappa shape index (κ2) is 14.9. The fraction of sp³-hybridized carbons (Fsp3) is 1.00. The van der Waals surface area contributed by atoms with E-state index in [9.17, 15) is 0 Å². The lowest BCUT2D eigenvalue weighted by molar-refractivity contribution is 0.228. The molecule has 0 heterocycles. The van der Waals surface area contributed by atoms with Gasteiger partial charge in [-0.05, 0) is 60.2 Å². The van der Waals surface area contributed by atoms with E-state index >= 15 is 0 Å². The molecule has 0 aromatic heterocycles. The zero-order valence-electron chi connectivity index (χ0n) is 21.0. The molecule has 0 N–H and O–H groups in total. The van der Waals surface area contributed by atoms with Crippen LogP contribution < -0.4 is 0 Å². The van der Waals surface area contributed by atoms with Gasteiger partial charge in [0.25, 0.3) is 0 Å². The highest BCUT2D eigenvalue weighted by Crippen LogP contribution is 2.32. The lowest BCUT2D eigenvalue weighted by Gasteiger charge is -2.28. The van der Waals surface area contributed by atoms with Gasteiger partial charge in [-0.25, -0.2) is 0 Å². The van der Waals surface area contributed by atoms with Crippen LogP contribution in [0.15, 0.2) is 0 Å². The summed E-state index contributed by atoms with van der Waals surface area (Å²) in [6, 6.07) is 0. The van der Waals surface area contributed by atoms with Crippen LogP contribution in [0, 0.1) is 47.3 Å². The van der Waals surface area contributed by atoms with E-state index in [1.807, 2.05) is 0 Å². The zero-order chi connectivity index (χ0) is 21.0. The van der Waals surface area contributed by atoms with Crippen molar-refractivity contribution in [2.75, 3.05) is 0 Å². The predicted molar refractivity (Wildman–Crippen MR) is 126 cm³/mol. The largest absolute Gasteiger partial charge is 0.0651 e. The molecule has 0 saturated carbocycles. The minimum Gasteiger partial charge on any atom is -0.0651 e. The van der Waals surface area contributed by atoms with E-state index < -0.39 is 0 Å². The molecule has 0 amide bonds. The molecule has 0 nitrogen and oxygen atoms in total. The molecule has 0 saturated heterocycles. The SMILES string of the molecule is CCC(C)C(C)CC(C)C(C)CCCCCC(CC(C)C(C)C)C(C)CC. The molecule has 0 aliphatic rings. The van der Waals surface area contributed by atoms with Crippen LogP contribution in [0.1, 0.15) is 127 Å². The van der Waals surface area contributed by atoms with E-state index in [-0.39, 0.29) is 0 Å². The Morgan fingerprint density at radius 3 is 1.48 bits per heavy atom. The van der Waals surface area contributed by atoms with Gasteiger partial charge in [-0.2, -0.15) is 0 Å². The Hall–Kier alpha value is 0. The van der Waals surface area contributed by atoms with E-state index in [0.29, 0.717) is 0 Å². The minimum atomic E-state index is 0.830. The third-order valence-corrected chi connectivity index (χ3v) is 8.33. The van der Waals surface area contributed by atoms with Gasteiger partial charge in [0.05, 0.1) is 0 Å². The van der Waals surface area contributed by atoms with Crippen molar-refractivity contribution >= 4 is 0 Å². The first-order valence-corrected chi connectivity index (χ1v) is 12.6. The second-order valence-corrected chi connectivity index (χ2v) is 10.8. The molecule has 0 aliphatic heterocycles. The lowest BCUT2D eigenvalue weighted by Crippen LogP contribution is -2.17. The molecular formula is C27H56. The van der Waals surface area contributed by atoms with Crippen molar-refractivity contribution in [3.63, 3.8) is 0 Å². The van der Waals surface area contributed by atoms with Crippen LogP contribution in [0.5, 0.6) is 0 Å². The Bertz CT molecular complexity index is 331. The van der Waals surface area contributed by atoms with E-state index in [1.54, 1.807) is 0 Å². The highest BCUT2D eigenvalue weighted by atomic mass is 14.3. The van der Waals surface area contributed by atoms with Gasteiger partial charge in [0.2, 0.25) is 0 Å². The van der Waals surface area contributed by atoms with Crippen molar-refractivity contribution in [2.45, 2.75) is 127 Å². The summed E-state index contributed by atoms with van der Waals surface area (Å²) in [5, 5.41) is 0. The van der Waals surface area contributed by atoms with E-state index in [2.05, 4.69) is 69.2 Å². The molecule has 0 aliphatic carbocycles. The third kappa shape index (κ3) is 11.6. The molecule has 0 aromatic carbocycles. The maximum atomic E-state index is 2.50. The van der Waals surface area contributed by atoms with Crippen LogP contribution in [-0.4, -0.2) is 0 Å². The van der Waals surface area contributed by atoms with Crippen LogP contribution in [0.3, 0.4) is 0 Å². The first kappa shape index (κ1) is 27.0. The Morgan fingerprint density at radius 1 is 0.444 bits per heavy atom. The van der Waals surface area contributed by atoms with Gasteiger partial charge in [0.15, 0.2) is 0 Å². The van der Waals surface area contributed by atoms with Crippen molar-refractivity contribution < 1.29 is 0 Å². The van der Waals surface area contributed by atoms with Gasteiger partial charge >= 0.3 is 0 Å². The van der Waals surface area contributed by atoms with Crippen LogP contribution in [-0.2, 0) is 0 Å². The quantitative estimate of drug-likeness (QED) is 0.234. The molecule has 164 valence electrons. The monoisotopic (exact) mass is 380 g/mol. The Balaban J connectivity index is 4.15. The molecule has 7 atom stereocenters. The van der Waals surface area contributed by atoms with Crippen molar-refractivity contribution in [2.24, 2.45) is 47.3 Å². The van der Waals surface area contributed by atoms with Gasteiger partial charge in [0, 0.05) is 0 Å². The predicted octanol–water partition coefficient (Wildman–Crippen LogP) is 9.63. The Labute approximate surface area is 174 Å². The smallest absolute Gasteiger partial charge is 0.0386 e. The summed E-state index contributed by atoms with van der Waals surface area (Å²) < 4.78 is 0. The van der Waals surface area contributed by atoms with Crippen LogP contribution in [0.4, 0.5) is 0 Å². The van der Waals surface area contributed by atoms with Gasteiger partial charge in [0.1, 0.15) is 0 Å². The molecule has 0 rings (SSSR count). The van der Waals surface area contributed by atoms with Gasteiger partial charge in [-0.1, -0.05) is 114 Å². The molecule has 0 heteroatoms. The van der Waals surface area contributed by atoms with E-state index in [4.69, 9.17) is 0 Å². The highest BCUT2D eigenvalue weighted by Gasteiger charge is 2.21. The summed E-state index contributed by atoms with van der Waals surface area (Å²) in [4.78, 5) is 0. The molecular weight excluding hydrogens is 324 g/mol. The second-order valence-electron chi connectivity index (χ2n) is 10.8. The zero-order valence-corrected chi connectivity index (χ0v) is 21.0. The standard InChI is InChI=1S/C27H56/c1-11-21(5)25(9)18-26(10)23(7)16-14-13-15-17-27(22(6)12-2)19-24(8)20(3)4/h20-27H,11-19H2,1-10H3. The number of rotatable bonds is 16. The normalized spacial score (nSPS) is 20.1. The summed E-state index contributed by atoms with van der Waals surface area (Å²) in [5.41, 5.74) is 0. The minimum absolute atomic E-state index is 0.830. The van der Waals surface area contributed by atoms with Crippen molar-refractivity contribution in [1.29, 1.82) is 0 Å². The summed E-state index contributed by atoms with van der Waals surface area (Å²) in [6.45, 7) is 24.3. The Morgan fingerprint density at radius 2 is 0.963 bits per heavy atom. The first-order chi connectivity index (χ1) is 12.6. The van der Waals surface area contributed by atoms with Crippen LogP contribution >= 0.6 is 0 Å². The maximum Gasteiger partial charge on any atom is -0.0386 e. The number of unbranched alkanes of at least 4 members (excludes halogenated alkanes) is 2. The van der Waals surface area contributed by atoms with Crippen molar-refractivity contribution in [1.82, 2.24) is 0 Å². The summed E-state index contributed by atoms with van der Waals surface area (Å²) in [7, 11) is 0. The molecule has 0 aromatic rings. The topological polar surface area (TPSA) is 0 Å². The van der Waals surface area contributed by atoms with Gasteiger partial charge in [-0.15, -0.1) is 0 Å². The van der Waals surface area contributed by atoms with E-state index in [0.717, 1.165) is 47.3 Å². The fourth-order valence-electron chi connectivity index (χ4n) is 4.51. The maximum absolute atomic E-state index is 2.50. The van der Waals surface area contributed by atoms with Crippen molar-refractivity contribution in [3.05, 3.63) is 0 Å². The van der Waals surface area contributed by atoms with Gasteiger partial charge < -0.3 is 0 Å². The van der Waals surface area contributed by atoms with Crippen LogP contribution in [0.25, 0.3) is 0 Å². The van der Waals surface area contributed by atoms with E-state index in [1.165, 1.54) is 57.8 Å². The molecule has 0 radical (unpaired) electrons. The average molecular weight is 381 g/mol. The summed E-state index contributed by atoms with van der Waals surface area (Å²) >= 11 is 0. The highest BCUT2D eigenvalue weighted by molar-refractivity contribution is 4.72. The number of hydrogen-bond donors (Lipinski definition) is 0. The fourth-order valence-corrected chi connectivity index (χ4v) is 4.51. The molecule has 0 bridgehead atoms.